The standard InChI is InChI=1S/C18H16F3N3O5S/c19-18(20,21)14-5-12(16-10-23(11-17(25)26)9-13(16)8-22)6-15(7-14)30(27,28)24-1-3-29-4-2-24/h5-7,9-10H,1-4,11H2,(H,25,26). The van der Waals surface area contributed by atoms with E-state index >= 15 is 0 Å². The lowest BCUT2D eigenvalue weighted by Crippen LogP contribution is -2.40. The Bertz CT molecular complexity index is 1110. The van der Waals surface area contributed by atoms with Crippen LogP contribution < -0.4 is 0 Å². The van der Waals surface area contributed by atoms with Gasteiger partial charge in [-0.3, -0.25) is 4.79 Å². The highest BCUT2D eigenvalue weighted by Crippen LogP contribution is 2.36. The van der Waals surface area contributed by atoms with Crippen molar-refractivity contribution in [3.05, 3.63) is 41.7 Å². The topological polar surface area (TPSA) is 113 Å². The maximum absolute atomic E-state index is 13.5. The molecule has 1 aliphatic heterocycles. The second-order valence-corrected chi connectivity index (χ2v) is 8.46. The molecule has 12 heteroatoms. The molecule has 0 atom stereocenters. The molecule has 8 nitrogen and oxygen atoms in total. The summed E-state index contributed by atoms with van der Waals surface area (Å²) >= 11 is 0. The van der Waals surface area contributed by atoms with Gasteiger partial charge in [0.1, 0.15) is 12.6 Å². The van der Waals surface area contributed by atoms with E-state index in [0.717, 1.165) is 21.0 Å². The molecule has 0 amide bonds. The number of morpholine rings is 1. The molecular weight excluding hydrogens is 427 g/mol. The number of hydrogen-bond acceptors (Lipinski definition) is 5. The summed E-state index contributed by atoms with van der Waals surface area (Å²) in [6, 6.07) is 4.14. The SMILES string of the molecule is N#Cc1cn(CC(=O)O)cc1-c1cc(C(F)(F)F)cc(S(=O)(=O)N2CCOCC2)c1. The van der Waals surface area contributed by atoms with Gasteiger partial charge < -0.3 is 14.4 Å². The number of benzene rings is 1. The quantitative estimate of drug-likeness (QED) is 0.758. The number of carboxylic acids is 1. The number of carbonyl (C=O) groups is 1. The number of alkyl halides is 3. The maximum atomic E-state index is 13.5. The zero-order chi connectivity index (χ0) is 22.1. The average molecular weight is 443 g/mol. The number of halogens is 3. The third-order valence-corrected chi connectivity index (χ3v) is 6.35. The van der Waals surface area contributed by atoms with Gasteiger partial charge in [0.2, 0.25) is 10.0 Å². The lowest BCUT2D eigenvalue weighted by molar-refractivity contribution is -0.138. The van der Waals surface area contributed by atoms with Crippen LogP contribution in [0.5, 0.6) is 0 Å². The van der Waals surface area contributed by atoms with E-state index in [-0.39, 0.29) is 43.0 Å². The van der Waals surface area contributed by atoms with Crippen LogP contribution in [0, 0.1) is 11.3 Å². The minimum atomic E-state index is -4.83. The highest BCUT2D eigenvalue weighted by Gasteiger charge is 2.35. The second kappa shape index (κ2) is 8.10. The van der Waals surface area contributed by atoms with Crippen molar-refractivity contribution in [1.82, 2.24) is 8.87 Å². The van der Waals surface area contributed by atoms with Gasteiger partial charge in [-0.25, -0.2) is 8.42 Å². The van der Waals surface area contributed by atoms with Gasteiger partial charge in [0, 0.05) is 31.0 Å². The molecular formula is C18H16F3N3O5S. The van der Waals surface area contributed by atoms with E-state index in [1.165, 1.54) is 12.4 Å². The van der Waals surface area contributed by atoms with E-state index in [0.29, 0.717) is 6.07 Å². The predicted octanol–water partition coefficient (Wildman–Crippen LogP) is 2.15. The molecule has 0 unspecified atom stereocenters. The second-order valence-electron chi connectivity index (χ2n) is 6.52. The minimum absolute atomic E-state index is 0.00303. The van der Waals surface area contributed by atoms with Gasteiger partial charge in [-0.05, 0) is 23.8 Å². The van der Waals surface area contributed by atoms with Crippen LogP contribution in [0.15, 0.2) is 35.5 Å². The van der Waals surface area contributed by atoms with Crippen molar-refractivity contribution >= 4 is 16.0 Å². The molecule has 1 saturated heterocycles. The number of nitriles is 1. The van der Waals surface area contributed by atoms with Gasteiger partial charge in [0.15, 0.2) is 0 Å². The molecule has 1 aliphatic rings. The Morgan fingerprint density at radius 3 is 2.43 bits per heavy atom. The fourth-order valence-corrected chi connectivity index (χ4v) is 4.56. The fourth-order valence-electron chi connectivity index (χ4n) is 3.08. The Kier molecular flexibility index (Phi) is 5.89. The number of hydrogen-bond donors (Lipinski definition) is 1. The number of carboxylic acid groups (broad SMARTS) is 1. The third-order valence-electron chi connectivity index (χ3n) is 4.47. The Labute approximate surface area is 169 Å². The van der Waals surface area contributed by atoms with Crippen molar-refractivity contribution in [3.8, 4) is 17.2 Å². The monoisotopic (exact) mass is 443 g/mol. The molecule has 0 spiro atoms. The highest BCUT2D eigenvalue weighted by atomic mass is 32.2. The van der Waals surface area contributed by atoms with Gasteiger partial charge in [-0.1, -0.05) is 0 Å². The summed E-state index contributed by atoms with van der Waals surface area (Å²) in [5.41, 5.74) is -1.42. The van der Waals surface area contributed by atoms with Crippen LogP contribution in [-0.4, -0.2) is 54.7 Å². The van der Waals surface area contributed by atoms with Crippen LogP contribution in [0.1, 0.15) is 11.1 Å². The number of aliphatic carboxylic acids is 1. The molecule has 30 heavy (non-hydrogen) atoms. The molecule has 3 rings (SSSR count). The Morgan fingerprint density at radius 1 is 1.20 bits per heavy atom. The summed E-state index contributed by atoms with van der Waals surface area (Å²) in [6.45, 7) is -0.241. The van der Waals surface area contributed by atoms with E-state index < -0.39 is 39.2 Å². The minimum Gasteiger partial charge on any atom is -0.480 e. The first-order valence-electron chi connectivity index (χ1n) is 8.64. The molecule has 0 aliphatic carbocycles. The van der Waals surface area contributed by atoms with Crippen LogP contribution in [0.25, 0.3) is 11.1 Å². The summed E-state index contributed by atoms with van der Waals surface area (Å²) in [7, 11) is -4.24. The normalized spacial score (nSPS) is 15.7. The van der Waals surface area contributed by atoms with Crippen molar-refractivity contribution in [2.24, 2.45) is 0 Å². The van der Waals surface area contributed by atoms with Crippen LogP contribution in [0.4, 0.5) is 13.2 Å². The molecule has 1 N–H and O–H groups in total. The van der Waals surface area contributed by atoms with E-state index in [1.807, 2.05) is 0 Å². The molecule has 0 saturated carbocycles. The van der Waals surface area contributed by atoms with Crippen LogP contribution in [-0.2, 0) is 32.3 Å². The highest BCUT2D eigenvalue weighted by molar-refractivity contribution is 7.89. The molecule has 0 bridgehead atoms. The van der Waals surface area contributed by atoms with E-state index in [9.17, 15) is 31.6 Å². The first kappa shape index (κ1) is 21.8. The lowest BCUT2D eigenvalue weighted by atomic mass is 10.0. The Balaban J connectivity index is 2.17. The number of sulfonamides is 1. The maximum Gasteiger partial charge on any atom is 0.416 e. The van der Waals surface area contributed by atoms with Crippen LogP contribution >= 0.6 is 0 Å². The largest absolute Gasteiger partial charge is 0.480 e. The summed E-state index contributed by atoms with van der Waals surface area (Å²) in [4.78, 5) is 10.3. The molecule has 1 aromatic carbocycles. The first-order chi connectivity index (χ1) is 14.0. The van der Waals surface area contributed by atoms with Gasteiger partial charge in [0.25, 0.3) is 0 Å². The molecule has 2 heterocycles. The van der Waals surface area contributed by atoms with E-state index in [1.54, 1.807) is 6.07 Å². The van der Waals surface area contributed by atoms with E-state index in [2.05, 4.69) is 0 Å². The van der Waals surface area contributed by atoms with Crippen molar-refractivity contribution in [2.45, 2.75) is 17.6 Å². The van der Waals surface area contributed by atoms with Crippen molar-refractivity contribution in [2.75, 3.05) is 26.3 Å². The summed E-state index contributed by atoms with van der Waals surface area (Å²) in [5, 5.41) is 18.2. The van der Waals surface area contributed by atoms with Gasteiger partial charge in [0.05, 0.1) is 29.2 Å². The number of ether oxygens (including phenoxy) is 1. The Hall–Kier alpha value is -2.88. The summed E-state index contributed by atoms with van der Waals surface area (Å²) in [5.74, 6) is -1.21. The Morgan fingerprint density at radius 2 is 1.87 bits per heavy atom. The van der Waals surface area contributed by atoms with Gasteiger partial charge in [-0.2, -0.15) is 22.7 Å². The average Bonchev–Trinajstić information content (AvgIpc) is 3.09. The number of aromatic nitrogens is 1. The molecule has 160 valence electrons. The van der Waals surface area contributed by atoms with Crippen LogP contribution in [0.2, 0.25) is 0 Å². The predicted molar refractivity (Wildman–Crippen MR) is 96.8 cm³/mol. The third kappa shape index (κ3) is 4.48. The van der Waals surface area contributed by atoms with Crippen molar-refractivity contribution < 1.29 is 36.2 Å². The van der Waals surface area contributed by atoms with Crippen LogP contribution in [0.3, 0.4) is 0 Å². The summed E-state index contributed by atoms with van der Waals surface area (Å²) in [6.07, 6.45) is -2.45. The number of nitrogens with zero attached hydrogens (tertiary/aromatic N) is 3. The van der Waals surface area contributed by atoms with E-state index in [4.69, 9.17) is 9.84 Å². The smallest absolute Gasteiger partial charge is 0.416 e. The number of rotatable bonds is 5. The molecule has 0 radical (unpaired) electrons. The zero-order valence-corrected chi connectivity index (χ0v) is 16.2. The zero-order valence-electron chi connectivity index (χ0n) is 15.4. The van der Waals surface area contributed by atoms with Gasteiger partial charge in [-0.15, -0.1) is 0 Å². The first-order valence-corrected chi connectivity index (χ1v) is 10.1. The molecule has 1 fully saturated rings. The molecule has 1 aromatic heterocycles. The van der Waals surface area contributed by atoms with Crippen molar-refractivity contribution in [1.29, 1.82) is 5.26 Å². The van der Waals surface area contributed by atoms with Crippen molar-refractivity contribution in [3.63, 3.8) is 0 Å². The molecule has 2 aromatic rings. The summed E-state index contributed by atoms with van der Waals surface area (Å²) < 4.78 is 73.5. The lowest BCUT2D eigenvalue weighted by Gasteiger charge is -2.26. The fraction of sp³-hybridized carbons (Fsp3) is 0.333. The van der Waals surface area contributed by atoms with Gasteiger partial charge >= 0.3 is 12.1 Å².